The Labute approximate surface area is 79.8 Å². The van der Waals surface area contributed by atoms with Gasteiger partial charge in [0.25, 0.3) is 0 Å². The number of carbonyl (C=O) groups excluding carboxylic acids is 1. The maximum absolute atomic E-state index is 10.1. The van der Waals surface area contributed by atoms with E-state index in [1.165, 1.54) is 6.42 Å². The lowest BCUT2D eigenvalue weighted by atomic mass is 10.1. The number of hydrogen-bond donors (Lipinski definition) is 2. The van der Waals surface area contributed by atoms with E-state index in [9.17, 15) is 4.79 Å². The first-order valence-electron chi connectivity index (χ1n) is 4.76. The topological polar surface area (TPSA) is 64.3 Å². The van der Waals surface area contributed by atoms with Crippen molar-refractivity contribution in [1.82, 2.24) is 5.32 Å². The predicted molar refractivity (Wildman–Crippen MR) is 52.5 cm³/mol. The van der Waals surface area contributed by atoms with E-state index in [2.05, 4.69) is 23.9 Å². The summed E-state index contributed by atoms with van der Waals surface area (Å²) in [7, 11) is 0. The van der Waals surface area contributed by atoms with Gasteiger partial charge >= 0.3 is 6.09 Å². The standard InChI is InChI=1S/C9H20N2O2/c1-8(2)4-3-5-11-6-7-13-9(10)12/h8,11H,3-7H2,1-2H3,(H2,10,12). The third kappa shape index (κ3) is 11.2. The van der Waals surface area contributed by atoms with Gasteiger partial charge in [0.05, 0.1) is 0 Å². The second-order valence-electron chi connectivity index (χ2n) is 3.45. The summed E-state index contributed by atoms with van der Waals surface area (Å²) in [6.07, 6.45) is 1.68. The van der Waals surface area contributed by atoms with E-state index in [0.29, 0.717) is 13.2 Å². The molecule has 0 aromatic rings. The maximum atomic E-state index is 10.1. The Morgan fingerprint density at radius 1 is 1.46 bits per heavy atom. The third-order valence-corrected chi connectivity index (χ3v) is 1.66. The monoisotopic (exact) mass is 188 g/mol. The minimum Gasteiger partial charge on any atom is -0.448 e. The molecule has 0 saturated heterocycles. The first-order valence-corrected chi connectivity index (χ1v) is 4.76. The molecule has 0 aliphatic heterocycles. The molecule has 0 atom stereocenters. The van der Waals surface area contributed by atoms with E-state index >= 15 is 0 Å². The number of rotatable bonds is 7. The highest BCUT2D eigenvalue weighted by Crippen LogP contribution is 2.01. The summed E-state index contributed by atoms with van der Waals surface area (Å²) < 4.78 is 4.55. The molecule has 0 heterocycles. The minimum absolute atomic E-state index is 0.358. The van der Waals surface area contributed by atoms with Gasteiger partial charge < -0.3 is 15.8 Å². The Balaban J connectivity index is 2.96. The predicted octanol–water partition coefficient (Wildman–Crippen LogP) is 1.11. The molecule has 0 aliphatic carbocycles. The van der Waals surface area contributed by atoms with Crippen LogP contribution in [0.15, 0.2) is 0 Å². The Morgan fingerprint density at radius 2 is 2.15 bits per heavy atom. The molecule has 1 amide bonds. The van der Waals surface area contributed by atoms with Crippen LogP contribution in [-0.4, -0.2) is 25.8 Å². The second kappa shape index (κ2) is 7.86. The van der Waals surface area contributed by atoms with Crippen molar-refractivity contribution >= 4 is 6.09 Å². The molecule has 3 N–H and O–H groups in total. The highest BCUT2D eigenvalue weighted by molar-refractivity contribution is 5.64. The van der Waals surface area contributed by atoms with Crippen LogP contribution in [0, 0.1) is 5.92 Å². The molecule has 0 aliphatic rings. The molecule has 0 fully saturated rings. The molecular weight excluding hydrogens is 168 g/mol. The fraction of sp³-hybridized carbons (Fsp3) is 0.889. The maximum Gasteiger partial charge on any atom is 0.404 e. The summed E-state index contributed by atoms with van der Waals surface area (Å²) >= 11 is 0. The molecular formula is C9H20N2O2. The lowest BCUT2D eigenvalue weighted by Gasteiger charge is -2.06. The van der Waals surface area contributed by atoms with Gasteiger partial charge in [-0.25, -0.2) is 4.79 Å². The molecule has 0 unspecified atom stereocenters. The lowest BCUT2D eigenvalue weighted by Crippen LogP contribution is -2.24. The Morgan fingerprint density at radius 3 is 2.69 bits per heavy atom. The van der Waals surface area contributed by atoms with Crippen molar-refractivity contribution in [2.75, 3.05) is 19.7 Å². The summed E-state index contributed by atoms with van der Waals surface area (Å²) in [5, 5.41) is 3.16. The first kappa shape index (κ1) is 12.2. The molecule has 0 saturated carbocycles. The highest BCUT2D eigenvalue weighted by Gasteiger charge is 1.94. The number of ether oxygens (including phenoxy) is 1. The summed E-state index contributed by atoms with van der Waals surface area (Å²) in [6.45, 7) is 6.42. The zero-order chi connectivity index (χ0) is 10.1. The highest BCUT2D eigenvalue weighted by atomic mass is 16.5. The lowest BCUT2D eigenvalue weighted by molar-refractivity contribution is 0.157. The fourth-order valence-electron chi connectivity index (χ4n) is 0.984. The molecule has 0 rings (SSSR count). The Bertz CT molecular complexity index is 138. The molecule has 13 heavy (non-hydrogen) atoms. The van der Waals surface area contributed by atoms with Gasteiger partial charge in [-0.1, -0.05) is 13.8 Å². The van der Waals surface area contributed by atoms with E-state index in [4.69, 9.17) is 5.73 Å². The van der Waals surface area contributed by atoms with Crippen LogP contribution in [-0.2, 0) is 4.74 Å². The zero-order valence-electron chi connectivity index (χ0n) is 8.51. The molecule has 0 aromatic carbocycles. The van der Waals surface area contributed by atoms with Crippen molar-refractivity contribution < 1.29 is 9.53 Å². The van der Waals surface area contributed by atoms with Gasteiger partial charge in [-0.3, -0.25) is 0 Å². The SMILES string of the molecule is CC(C)CCCNCCOC(N)=O. The smallest absolute Gasteiger partial charge is 0.404 e. The largest absolute Gasteiger partial charge is 0.448 e. The minimum atomic E-state index is -0.705. The van der Waals surface area contributed by atoms with Gasteiger partial charge in [0.15, 0.2) is 0 Å². The normalized spacial score (nSPS) is 10.4. The van der Waals surface area contributed by atoms with Crippen LogP contribution in [0.3, 0.4) is 0 Å². The number of primary amides is 1. The van der Waals surface area contributed by atoms with Crippen LogP contribution in [0.4, 0.5) is 4.79 Å². The van der Waals surface area contributed by atoms with Gasteiger partial charge in [0, 0.05) is 6.54 Å². The van der Waals surface area contributed by atoms with E-state index in [-0.39, 0.29) is 0 Å². The summed E-state index contributed by atoms with van der Waals surface area (Å²) in [4.78, 5) is 10.1. The molecule has 0 bridgehead atoms. The molecule has 78 valence electrons. The van der Waals surface area contributed by atoms with Gasteiger partial charge in [-0.2, -0.15) is 0 Å². The van der Waals surface area contributed by atoms with Gasteiger partial charge in [0.1, 0.15) is 6.61 Å². The Kier molecular flexibility index (Phi) is 7.39. The number of carbonyl (C=O) groups is 1. The van der Waals surface area contributed by atoms with Crippen LogP contribution in [0.5, 0.6) is 0 Å². The van der Waals surface area contributed by atoms with Crippen LogP contribution < -0.4 is 11.1 Å². The van der Waals surface area contributed by atoms with Crippen molar-refractivity contribution in [3.63, 3.8) is 0 Å². The number of amides is 1. The van der Waals surface area contributed by atoms with Crippen LogP contribution in [0.25, 0.3) is 0 Å². The first-order chi connectivity index (χ1) is 6.13. The molecule has 0 radical (unpaired) electrons. The van der Waals surface area contributed by atoms with Crippen LogP contribution in [0.1, 0.15) is 26.7 Å². The van der Waals surface area contributed by atoms with Crippen molar-refractivity contribution in [1.29, 1.82) is 0 Å². The van der Waals surface area contributed by atoms with E-state index in [0.717, 1.165) is 18.9 Å². The van der Waals surface area contributed by atoms with Crippen molar-refractivity contribution in [2.45, 2.75) is 26.7 Å². The second-order valence-corrected chi connectivity index (χ2v) is 3.45. The van der Waals surface area contributed by atoms with Crippen molar-refractivity contribution in [3.05, 3.63) is 0 Å². The van der Waals surface area contributed by atoms with Crippen LogP contribution in [0.2, 0.25) is 0 Å². The van der Waals surface area contributed by atoms with Gasteiger partial charge in [-0.15, -0.1) is 0 Å². The van der Waals surface area contributed by atoms with Crippen LogP contribution >= 0.6 is 0 Å². The van der Waals surface area contributed by atoms with Gasteiger partial charge in [0.2, 0.25) is 0 Å². The number of nitrogens with two attached hydrogens (primary N) is 1. The van der Waals surface area contributed by atoms with E-state index < -0.39 is 6.09 Å². The quantitative estimate of drug-likeness (QED) is 0.588. The van der Waals surface area contributed by atoms with Crippen molar-refractivity contribution in [3.8, 4) is 0 Å². The third-order valence-electron chi connectivity index (χ3n) is 1.66. The van der Waals surface area contributed by atoms with Gasteiger partial charge in [-0.05, 0) is 25.3 Å². The Hall–Kier alpha value is -0.770. The zero-order valence-corrected chi connectivity index (χ0v) is 8.51. The fourth-order valence-corrected chi connectivity index (χ4v) is 0.984. The molecule has 0 spiro atoms. The summed E-state index contributed by atoms with van der Waals surface area (Å²) in [5.74, 6) is 0.753. The summed E-state index contributed by atoms with van der Waals surface area (Å²) in [6, 6.07) is 0. The number of hydrogen-bond acceptors (Lipinski definition) is 3. The molecule has 4 heteroatoms. The molecule has 4 nitrogen and oxygen atoms in total. The van der Waals surface area contributed by atoms with E-state index in [1.54, 1.807) is 0 Å². The average molecular weight is 188 g/mol. The average Bonchev–Trinajstić information content (AvgIpc) is 2.01. The summed E-state index contributed by atoms with van der Waals surface area (Å²) in [5.41, 5.74) is 4.78. The number of nitrogens with one attached hydrogen (secondary N) is 1. The van der Waals surface area contributed by atoms with E-state index in [1.807, 2.05) is 0 Å². The molecule has 0 aromatic heterocycles. The van der Waals surface area contributed by atoms with Crippen molar-refractivity contribution in [2.24, 2.45) is 11.7 Å².